The van der Waals surface area contributed by atoms with Crippen LogP contribution in [0.1, 0.15) is 12.5 Å². The number of benzene rings is 1. The van der Waals surface area contributed by atoms with Crippen molar-refractivity contribution in [3.63, 3.8) is 0 Å². The Morgan fingerprint density at radius 3 is 2.75 bits per heavy atom. The zero-order chi connectivity index (χ0) is 17.9. The highest BCUT2D eigenvalue weighted by molar-refractivity contribution is 8.18. The minimum absolute atomic E-state index is 0.00255. The second-order valence-corrected chi connectivity index (χ2v) is 5.55. The monoisotopic (exact) mass is 351 g/mol. The number of amides is 2. The predicted molar refractivity (Wildman–Crippen MR) is 81.9 cm³/mol. The van der Waals surface area contributed by atoms with E-state index in [1.54, 1.807) is 6.92 Å². The van der Waals surface area contributed by atoms with Crippen molar-refractivity contribution in [2.24, 2.45) is 0 Å². The second-order valence-electron chi connectivity index (χ2n) is 4.56. The first kappa shape index (κ1) is 17.5. The van der Waals surface area contributed by atoms with Gasteiger partial charge >= 0.3 is 5.97 Å². The number of hydrogen-bond donors (Lipinski definition) is 0. The number of nitrogens with zero attached hydrogens (tertiary/aromatic N) is 2. The highest BCUT2D eigenvalue weighted by Gasteiger charge is 2.36. The molecule has 0 spiro atoms. The zero-order valence-electron chi connectivity index (χ0n) is 12.4. The van der Waals surface area contributed by atoms with Crippen LogP contribution < -0.4 is 5.11 Å². The van der Waals surface area contributed by atoms with Gasteiger partial charge < -0.3 is 9.84 Å². The van der Waals surface area contributed by atoms with Crippen molar-refractivity contribution in [3.8, 4) is 5.75 Å². The highest BCUT2D eigenvalue weighted by atomic mass is 32.2. The molecule has 0 bridgehead atoms. The van der Waals surface area contributed by atoms with E-state index in [0.29, 0.717) is 11.8 Å². The van der Waals surface area contributed by atoms with Crippen LogP contribution in [0, 0.1) is 10.1 Å². The number of carbonyl (C=O) groups excluding carboxylic acids is 3. The Bertz CT molecular complexity index is 759. The van der Waals surface area contributed by atoms with Crippen molar-refractivity contribution in [3.05, 3.63) is 38.8 Å². The second kappa shape index (κ2) is 7.13. The fraction of sp³-hybridized carbons (Fsp3) is 0.214. The van der Waals surface area contributed by atoms with E-state index in [9.17, 15) is 29.6 Å². The first-order chi connectivity index (χ1) is 11.3. The van der Waals surface area contributed by atoms with E-state index >= 15 is 0 Å². The molecule has 2 amide bonds. The number of ether oxygens (including phenoxy) is 1. The van der Waals surface area contributed by atoms with Gasteiger partial charge in [-0.2, -0.15) is 0 Å². The molecular weight excluding hydrogens is 340 g/mol. The maximum atomic E-state index is 12.2. The lowest BCUT2D eigenvalue weighted by atomic mass is 10.1. The van der Waals surface area contributed by atoms with E-state index in [1.807, 2.05) is 0 Å². The largest absolute Gasteiger partial charge is 0.868 e. The van der Waals surface area contributed by atoms with E-state index in [0.717, 1.165) is 17.0 Å². The molecule has 1 aromatic rings. The third kappa shape index (κ3) is 3.71. The average Bonchev–Trinajstić information content (AvgIpc) is 2.77. The normalized spacial score (nSPS) is 15.9. The highest BCUT2D eigenvalue weighted by Crippen LogP contribution is 2.33. The summed E-state index contributed by atoms with van der Waals surface area (Å²) in [6.45, 7) is 1.21. The van der Waals surface area contributed by atoms with E-state index in [2.05, 4.69) is 4.74 Å². The van der Waals surface area contributed by atoms with Gasteiger partial charge in [0.05, 0.1) is 16.4 Å². The third-order valence-electron chi connectivity index (χ3n) is 2.94. The smallest absolute Gasteiger partial charge is 0.326 e. The molecule has 0 N–H and O–H groups in total. The lowest BCUT2D eigenvalue weighted by molar-refractivity contribution is -0.398. The quantitative estimate of drug-likeness (QED) is 0.335. The SMILES string of the molecule is CCOC(=O)CN1C(=O)S/C(=C/c2ccc([O-])c([N+](=O)[O-])c2)C1=O. The van der Waals surface area contributed by atoms with Crippen LogP contribution in [0.3, 0.4) is 0 Å². The van der Waals surface area contributed by atoms with Gasteiger partial charge in [-0.05, 0) is 36.1 Å². The summed E-state index contributed by atoms with van der Waals surface area (Å²) in [5.74, 6) is -2.17. The molecule has 1 aliphatic rings. The number of carbonyl (C=O) groups is 3. The van der Waals surface area contributed by atoms with Crippen molar-refractivity contribution in [1.82, 2.24) is 4.90 Å². The summed E-state index contributed by atoms with van der Waals surface area (Å²) < 4.78 is 4.69. The van der Waals surface area contributed by atoms with Gasteiger partial charge in [-0.1, -0.05) is 12.1 Å². The van der Waals surface area contributed by atoms with Gasteiger partial charge in [-0.25, -0.2) is 0 Å². The van der Waals surface area contributed by atoms with Crippen LogP contribution in [0.25, 0.3) is 6.08 Å². The molecule has 1 saturated heterocycles. The molecule has 0 aromatic heterocycles. The Kier molecular flexibility index (Phi) is 5.19. The summed E-state index contributed by atoms with van der Waals surface area (Å²) in [5, 5.41) is 21.5. The summed E-state index contributed by atoms with van der Waals surface area (Å²) in [5.41, 5.74) is -0.405. The molecule has 1 aromatic carbocycles. The maximum absolute atomic E-state index is 12.2. The van der Waals surface area contributed by atoms with E-state index in [1.165, 1.54) is 12.1 Å². The van der Waals surface area contributed by atoms with Gasteiger partial charge in [0.1, 0.15) is 6.54 Å². The van der Waals surface area contributed by atoms with Crippen LogP contribution in [-0.4, -0.2) is 40.1 Å². The summed E-state index contributed by atoms with van der Waals surface area (Å²) in [6.07, 6.45) is 1.25. The van der Waals surface area contributed by atoms with Gasteiger partial charge in [0.25, 0.3) is 16.8 Å². The number of esters is 1. The van der Waals surface area contributed by atoms with Crippen LogP contribution in [-0.2, 0) is 14.3 Å². The Balaban J connectivity index is 2.24. The molecule has 2 rings (SSSR count). The van der Waals surface area contributed by atoms with Crippen LogP contribution >= 0.6 is 11.8 Å². The molecule has 0 unspecified atom stereocenters. The number of nitro benzene ring substituents is 1. The van der Waals surface area contributed by atoms with E-state index < -0.39 is 40.0 Å². The maximum Gasteiger partial charge on any atom is 0.326 e. The first-order valence-corrected chi connectivity index (χ1v) is 7.51. The van der Waals surface area contributed by atoms with Gasteiger partial charge in [-0.3, -0.25) is 29.4 Å². The summed E-state index contributed by atoms with van der Waals surface area (Å²) in [4.78, 5) is 46.0. The molecule has 126 valence electrons. The van der Waals surface area contributed by atoms with E-state index in [-0.39, 0.29) is 17.1 Å². The number of rotatable bonds is 5. The molecule has 1 heterocycles. The predicted octanol–water partition coefficient (Wildman–Crippen LogP) is 1.27. The molecule has 1 fully saturated rings. The third-order valence-corrected chi connectivity index (χ3v) is 3.85. The van der Waals surface area contributed by atoms with E-state index in [4.69, 9.17) is 0 Å². The van der Waals surface area contributed by atoms with Gasteiger partial charge in [-0.15, -0.1) is 0 Å². The van der Waals surface area contributed by atoms with Crippen LogP contribution in [0.4, 0.5) is 10.5 Å². The lowest BCUT2D eigenvalue weighted by Crippen LogP contribution is -2.34. The molecule has 0 saturated carbocycles. The minimum atomic E-state index is -0.827. The van der Waals surface area contributed by atoms with Crippen molar-refractivity contribution < 1.29 is 29.2 Å². The van der Waals surface area contributed by atoms with Crippen LogP contribution in [0.5, 0.6) is 5.75 Å². The molecule has 9 nitrogen and oxygen atoms in total. The number of hydrogen-bond acceptors (Lipinski definition) is 8. The molecular formula is C14H11N2O7S-. The van der Waals surface area contributed by atoms with Crippen molar-refractivity contribution in [2.45, 2.75) is 6.92 Å². The molecule has 0 aliphatic carbocycles. The number of thioether (sulfide) groups is 1. The number of nitro groups is 1. The molecule has 0 radical (unpaired) electrons. The van der Waals surface area contributed by atoms with Gasteiger partial charge in [0, 0.05) is 6.07 Å². The average molecular weight is 351 g/mol. The molecule has 10 heteroatoms. The summed E-state index contributed by atoms with van der Waals surface area (Å²) >= 11 is 0.598. The van der Waals surface area contributed by atoms with Crippen LogP contribution in [0.2, 0.25) is 0 Å². The van der Waals surface area contributed by atoms with Crippen LogP contribution in [0.15, 0.2) is 23.1 Å². The Hall–Kier alpha value is -2.88. The fourth-order valence-electron chi connectivity index (χ4n) is 1.89. The topological polar surface area (TPSA) is 130 Å². The Labute approximate surface area is 140 Å². The van der Waals surface area contributed by atoms with Crippen molar-refractivity contribution in [2.75, 3.05) is 13.2 Å². The van der Waals surface area contributed by atoms with Crippen molar-refractivity contribution in [1.29, 1.82) is 0 Å². The molecule has 0 atom stereocenters. The minimum Gasteiger partial charge on any atom is -0.868 e. The molecule has 1 aliphatic heterocycles. The number of imide groups is 1. The zero-order valence-corrected chi connectivity index (χ0v) is 13.2. The van der Waals surface area contributed by atoms with Crippen molar-refractivity contribution >= 4 is 40.6 Å². The first-order valence-electron chi connectivity index (χ1n) is 6.70. The standard InChI is InChI=1S/C14H12N2O7S/c1-2-23-12(18)7-15-13(19)11(24-14(15)20)6-8-3-4-10(17)9(5-8)16(21)22/h3-6,17H,2,7H2,1H3/p-1/b11-6+. The lowest BCUT2D eigenvalue weighted by Gasteiger charge is -2.10. The Morgan fingerprint density at radius 1 is 1.42 bits per heavy atom. The molecule has 24 heavy (non-hydrogen) atoms. The Morgan fingerprint density at radius 2 is 2.12 bits per heavy atom. The fourth-order valence-corrected chi connectivity index (χ4v) is 2.73. The summed E-state index contributed by atoms with van der Waals surface area (Å²) in [7, 11) is 0. The van der Waals surface area contributed by atoms with Gasteiger partial charge in [0.2, 0.25) is 0 Å². The van der Waals surface area contributed by atoms with Gasteiger partial charge in [0.15, 0.2) is 0 Å². The summed E-state index contributed by atoms with van der Waals surface area (Å²) in [6, 6.07) is 3.32.